The molecule has 0 aliphatic heterocycles. The Balaban J connectivity index is 2.35. The monoisotopic (exact) mass is 192 g/mol. The van der Waals surface area contributed by atoms with Gasteiger partial charge in [0, 0.05) is 4.88 Å². The first-order chi connectivity index (χ1) is 6.31. The molecule has 0 unspecified atom stereocenters. The van der Waals surface area contributed by atoms with Crippen LogP contribution < -0.4 is 0 Å². The smallest absolute Gasteiger partial charge is 0.195 e. The fourth-order valence-corrected chi connectivity index (χ4v) is 2.90. The highest BCUT2D eigenvalue weighted by molar-refractivity contribution is 7.14. The summed E-state index contributed by atoms with van der Waals surface area (Å²) in [5, 5.41) is 0. The third kappa shape index (κ3) is 1.59. The minimum atomic E-state index is 0.0689. The predicted octanol–water partition coefficient (Wildman–Crippen LogP) is 3.00. The number of hydrogen-bond acceptors (Lipinski definition) is 2. The van der Waals surface area contributed by atoms with Crippen molar-refractivity contribution in [2.75, 3.05) is 0 Å². The van der Waals surface area contributed by atoms with Gasteiger partial charge in [-0.25, -0.2) is 0 Å². The summed E-state index contributed by atoms with van der Waals surface area (Å²) >= 11 is 1.65. The fraction of sp³-hybridized carbons (Fsp3) is 0.364. The molecule has 0 radical (unpaired) electrons. The molecule has 1 aromatic heterocycles. The first-order valence-electron chi connectivity index (χ1n) is 4.59. The van der Waals surface area contributed by atoms with E-state index in [0.29, 0.717) is 0 Å². The molecule has 0 saturated heterocycles. The summed E-state index contributed by atoms with van der Waals surface area (Å²) in [6, 6.07) is 2.04. The van der Waals surface area contributed by atoms with E-state index in [1.54, 1.807) is 11.3 Å². The van der Waals surface area contributed by atoms with Gasteiger partial charge in [0.15, 0.2) is 5.78 Å². The summed E-state index contributed by atoms with van der Waals surface area (Å²) in [7, 11) is 0. The average molecular weight is 192 g/mol. The molecule has 1 aliphatic rings. The Kier molecular flexibility index (Phi) is 2.32. The molecule has 0 spiro atoms. The van der Waals surface area contributed by atoms with E-state index in [1.165, 1.54) is 29.4 Å². The molecule has 1 aromatic rings. The van der Waals surface area contributed by atoms with Crippen molar-refractivity contribution < 1.29 is 4.79 Å². The summed E-state index contributed by atoms with van der Waals surface area (Å²) in [6.07, 6.45) is 6.25. The molecule has 0 aromatic carbocycles. The van der Waals surface area contributed by atoms with Crippen LogP contribution in [0.15, 0.2) is 18.7 Å². The second kappa shape index (κ2) is 3.46. The predicted molar refractivity (Wildman–Crippen MR) is 55.5 cm³/mol. The highest BCUT2D eigenvalue weighted by Gasteiger charge is 2.15. The van der Waals surface area contributed by atoms with E-state index in [4.69, 9.17) is 0 Å². The van der Waals surface area contributed by atoms with Crippen molar-refractivity contribution in [1.29, 1.82) is 0 Å². The summed E-state index contributed by atoms with van der Waals surface area (Å²) in [6.45, 7) is 3.50. The minimum absolute atomic E-state index is 0.0689. The topological polar surface area (TPSA) is 17.1 Å². The lowest BCUT2D eigenvalue weighted by molar-refractivity contribution is 0.105. The maximum Gasteiger partial charge on any atom is 0.195 e. The molecule has 0 N–H and O–H groups in total. The molecule has 2 rings (SSSR count). The number of rotatable bonds is 2. The molecule has 0 amide bonds. The fourth-order valence-electron chi connectivity index (χ4n) is 1.71. The first-order valence-corrected chi connectivity index (χ1v) is 5.41. The number of aryl methyl sites for hydroxylation is 2. The Morgan fingerprint density at radius 1 is 1.46 bits per heavy atom. The van der Waals surface area contributed by atoms with Crippen LogP contribution in [0, 0.1) is 0 Å². The van der Waals surface area contributed by atoms with Crippen LogP contribution in [-0.4, -0.2) is 5.78 Å². The minimum Gasteiger partial charge on any atom is -0.288 e. The van der Waals surface area contributed by atoms with Crippen LogP contribution in [-0.2, 0) is 12.8 Å². The van der Waals surface area contributed by atoms with Gasteiger partial charge in [-0.2, -0.15) is 0 Å². The molecule has 68 valence electrons. The van der Waals surface area contributed by atoms with E-state index in [9.17, 15) is 4.79 Å². The Labute approximate surface area is 82.1 Å². The quantitative estimate of drug-likeness (QED) is 0.520. The molecule has 1 aliphatic carbocycles. The summed E-state index contributed by atoms with van der Waals surface area (Å²) < 4.78 is 0. The molecule has 1 heterocycles. The molecular formula is C11H12OS. The van der Waals surface area contributed by atoms with E-state index in [2.05, 4.69) is 6.58 Å². The van der Waals surface area contributed by atoms with Gasteiger partial charge in [0.25, 0.3) is 0 Å². The van der Waals surface area contributed by atoms with Crippen molar-refractivity contribution in [2.45, 2.75) is 25.7 Å². The second-order valence-electron chi connectivity index (χ2n) is 3.33. The second-order valence-corrected chi connectivity index (χ2v) is 4.47. The molecule has 0 bridgehead atoms. The van der Waals surface area contributed by atoms with Crippen molar-refractivity contribution in [3.8, 4) is 0 Å². The average Bonchev–Trinajstić information content (AvgIpc) is 2.59. The van der Waals surface area contributed by atoms with E-state index >= 15 is 0 Å². The molecule has 13 heavy (non-hydrogen) atoms. The Morgan fingerprint density at radius 2 is 2.23 bits per heavy atom. The van der Waals surface area contributed by atoms with Gasteiger partial charge in [-0.15, -0.1) is 11.3 Å². The lowest BCUT2D eigenvalue weighted by Gasteiger charge is -2.08. The van der Waals surface area contributed by atoms with Crippen molar-refractivity contribution in [1.82, 2.24) is 0 Å². The van der Waals surface area contributed by atoms with Crippen molar-refractivity contribution in [2.24, 2.45) is 0 Å². The highest BCUT2D eigenvalue weighted by atomic mass is 32.1. The van der Waals surface area contributed by atoms with Gasteiger partial charge in [0.2, 0.25) is 0 Å². The van der Waals surface area contributed by atoms with Gasteiger partial charge in [-0.3, -0.25) is 4.79 Å². The zero-order valence-electron chi connectivity index (χ0n) is 7.51. The third-order valence-electron chi connectivity index (χ3n) is 2.42. The molecule has 0 saturated carbocycles. The number of fused-ring (bicyclic) bond motifs is 1. The van der Waals surface area contributed by atoms with Gasteiger partial charge in [-0.05, 0) is 43.4 Å². The molecule has 1 nitrogen and oxygen atoms in total. The summed E-state index contributed by atoms with van der Waals surface area (Å²) in [5.41, 5.74) is 1.39. The van der Waals surface area contributed by atoms with Gasteiger partial charge in [0.1, 0.15) is 0 Å². The standard InChI is InChI=1S/C11H12OS/c1-2-9(12)11-7-8-5-3-4-6-10(8)13-11/h2,7H,1,3-6H2. The Hall–Kier alpha value is -0.890. The van der Waals surface area contributed by atoms with Gasteiger partial charge >= 0.3 is 0 Å². The van der Waals surface area contributed by atoms with Crippen LogP contribution in [0.4, 0.5) is 0 Å². The Morgan fingerprint density at radius 3 is 2.92 bits per heavy atom. The normalized spacial score (nSPS) is 15.1. The Bertz CT molecular complexity index is 325. The maximum absolute atomic E-state index is 11.3. The first kappa shape index (κ1) is 8.70. The summed E-state index contributed by atoms with van der Waals surface area (Å²) in [4.78, 5) is 13.6. The lowest BCUT2D eigenvalue weighted by atomic mass is 9.99. The third-order valence-corrected chi connectivity index (χ3v) is 3.68. The number of thiophene rings is 1. The van der Waals surface area contributed by atoms with Crippen LogP contribution in [0.2, 0.25) is 0 Å². The lowest BCUT2D eigenvalue weighted by Crippen LogP contribution is -1.96. The van der Waals surface area contributed by atoms with Gasteiger partial charge in [0.05, 0.1) is 4.88 Å². The van der Waals surface area contributed by atoms with E-state index in [0.717, 1.165) is 17.7 Å². The molecule has 2 heteroatoms. The van der Waals surface area contributed by atoms with Crippen LogP contribution >= 0.6 is 11.3 Å². The largest absolute Gasteiger partial charge is 0.288 e. The van der Waals surface area contributed by atoms with E-state index in [-0.39, 0.29) is 5.78 Å². The van der Waals surface area contributed by atoms with Crippen LogP contribution in [0.1, 0.15) is 33.0 Å². The van der Waals surface area contributed by atoms with Gasteiger partial charge in [-0.1, -0.05) is 6.58 Å². The highest BCUT2D eigenvalue weighted by Crippen LogP contribution is 2.29. The van der Waals surface area contributed by atoms with Crippen LogP contribution in [0.25, 0.3) is 0 Å². The molecule has 0 fully saturated rings. The van der Waals surface area contributed by atoms with Crippen molar-refractivity contribution in [3.05, 3.63) is 34.0 Å². The number of allylic oxidation sites excluding steroid dienone is 1. The number of ketones is 1. The maximum atomic E-state index is 11.3. The summed E-state index contributed by atoms with van der Waals surface area (Å²) in [5.74, 6) is 0.0689. The molecule has 0 atom stereocenters. The number of carbonyl (C=O) groups excluding carboxylic acids is 1. The van der Waals surface area contributed by atoms with Crippen LogP contribution in [0.3, 0.4) is 0 Å². The van der Waals surface area contributed by atoms with E-state index in [1.807, 2.05) is 6.07 Å². The van der Waals surface area contributed by atoms with Crippen molar-refractivity contribution in [3.63, 3.8) is 0 Å². The zero-order chi connectivity index (χ0) is 9.26. The van der Waals surface area contributed by atoms with Crippen molar-refractivity contribution >= 4 is 17.1 Å². The number of hydrogen-bond donors (Lipinski definition) is 0. The number of carbonyl (C=O) groups is 1. The van der Waals surface area contributed by atoms with Gasteiger partial charge < -0.3 is 0 Å². The van der Waals surface area contributed by atoms with E-state index < -0.39 is 0 Å². The zero-order valence-corrected chi connectivity index (χ0v) is 8.32. The SMILES string of the molecule is C=CC(=O)c1cc2c(s1)CCCC2. The molecular weight excluding hydrogens is 180 g/mol. The van der Waals surface area contributed by atoms with Crippen LogP contribution in [0.5, 0.6) is 0 Å².